The van der Waals surface area contributed by atoms with Gasteiger partial charge < -0.3 is 18.9 Å². The van der Waals surface area contributed by atoms with E-state index in [2.05, 4.69) is 41.2 Å². The van der Waals surface area contributed by atoms with Crippen molar-refractivity contribution in [3.63, 3.8) is 0 Å². The van der Waals surface area contributed by atoms with Gasteiger partial charge in [-0.05, 0) is 23.6 Å². The van der Waals surface area contributed by atoms with Crippen molar-refractivity contribution in [3.8, 4) is 23.0 Å². The first-order valence-corrected chi connectivity index (χ1v) is 11.2. The topological polar surface area (TPSA) is 130 Å². The molecule has 37 heavy (non-hydrogen) atoms. The largest absolute Gasteiger partial charge is 0.496 e. The van der Waals surface area contributed by atoms with E-state index < -0.39 is 4.92 Å². The number of ether oxygens (including phenoxy) is 4. The molecule has 0 aliphatic rings. The van der Waals surface area contributed by atoms with Crippen LogP contribution in [-0.4, -0.2) is 33.4 Å². The molecule has 0 N–H and O–H groups in total. The molecule has 0 aliphatic carbocycles. The van der Waals surface area contributed by atoms with E-state index in [0.717, 1.165) is 5.56 Å². The summed E-state index contributed by atoms with van der Waals surface area (Å²) in [5.41, 5.74) is 2.48. The van der Waals surface area contributed by atoms with Crippen LogP contribution in [0.5, 0.6) is 23.0 Å². The Kier molecular flexibility index (Phi) is 8.38. The number of nitro groups is 1. The van der Waals surface area contributed by atoms with E-state index in [9.17, 15) is 10.1 Å². The second-order valence-corrected chi connectivity index (χ2v) is 8.84. The molecule has 0 fully saturated rings. The van der Waals surface area contributed by atoms with Crippen LogP contribution in [0.25, 0.3) is 0 Å². The molecule has 0 amide bonds. The molecule has 0 spiro atoms. The Morgan fingerprint density at radius 1 is 0.649 bits per heavy atom. The summed E-state index contributed by atoms with van der Waals surface area (Å²) in [6, 6.07) is 12.6. The molecule has 0 bridgehead atoms. The number of rotatable bonds is 9. The van der Waals surface area contributed by atoms with Gasteiger partial charge in [0.05, 0.1) is 39.0 Å². The van der Waals surface area contributed by atoms with Crippen LogP contribution < -0.4 is 18.9 Å². The summed E-state index contributed by atoms with van der Waals surface area (Å²) >= 11 is 0. The second-order valence-electron chi connectivity index (χ2n) is 8.84. The zero-order valence-electron chi connectivity index (χ0n) is 21.8. The van der Waals surface area contributed by atoms with E-state index in [1.807, 2.05) is 6.07 Å². The van der Waals surface area contributed by atoms with Crippen molar-refractivity contribution in [2.75, 3.05) is 28.4 Å². The highest BCUT2D eigenvalue weighted by Gasteiger charge is 2.22. The van der Waals surface area contributed by atoms with Crippen LogP contribution in [0, 0.1) is 10.1 Å². The van der Waals surface area contributed by atoms with Gasteiger partial charge in [0.25, 0.3) is 5.69 Å². The smallest absolute Gasteiger partial charge is 0.269 e. The quantitative estimate of drug-likeness (QED) is 0.165. The van der Waals surface area contributed by atoms with Gasteiger partial charge in [-0.25, -0.2) is 0 Å². The molecule has 0 aliphatic heterocycles. The molecule has 194 valence electrons. The fraction of sp³-hybridized carbons (Fsp3) is 0.308. The van der Waals surface area contributed by atoms with E-state index in [-0.39, 0.29) is 11.1 Å². The van der Waals surface area contributed by atoms with Gasteiger partial charge in [0.1, 0.15) is 40.1 Å². The van der Waals surface area contributed by atoms with Crippen molar-refractivity contribution >= 4 is 28.4 Å². The molecule has 0 heterocycles. The lowest BCUT2D eigenvalue weighted by atomic mass is 9.86. The van der Waals surface area contributed by atoms with Crippen LogP contribution in [0.1, 0.15) is 26.3 Å². The van der Waals surface area contributed by atoms with Crippen molar-refractivity contribution in [1.82, 2.24) is 0 Å². The fourth-order valence-corrected chi connectivity index (χ4v) is 3.43. The highest BCUT2D eigenvalue weighted by atomic mass is 16.6. The molecule has 0 unspecified atom stereocenters. The SMILES string of the molecule is COc1cc(N=Nc2cc(OC)c(C(C)(C)C)cc2OC)c(OC)cc1N=Nc1ccc([N+](=O)[O-])cc1. The van der Waals surface area contributed by atoms with E-state index in [4.69, 9.17) is 18.9 Å². The number of hydrogen-bond acceptors (Lipinski definition) is 10. The molecule has 11 nitrogen and oxygen atoms in total. The summed E-state index contributed by atoms with van der Waals surface area (Å²) in [5, 5.41) is 27.9. The highest BCUT2D eigenvalue weighted by Crippen LogP contribution is 2.43. The lowest BCUT2D eigenvalue weighted by Crippen LogP contribution is -2.13. The van der Waals surface area contributed by atoms with E-state index in [0.29, 0.717) is 45.7 Å². The van der Waals surface area contributed by atoms with Crippen molar-refractivity contribution in [2.24, 2.45) is 20.5 Å². The van der Waals surface area contributed by atoms with Crippen LogP contribution >= 0.6 is 0 Å². The molecule has 0 aromatic heterocycles. The van der Waals surface area contributed by atoms with Crippen molar-refractivity contribution in [1.29, 1.82) is 0 Å². The Balaban J connectivity index is 1.97. The minimum atomic E-state index is -0.479. The number of benzene rings is 3. The maximum absolute atomic E-state index is 10.8. The molecule has 3 rings (SSSR count). The standard InChI is InChI=1S/C26H29N5O6/c1-26(2,3)18-12-23(35-5)19(13-22(18)34-4)29-30-21-15-24(36-6)20(14-25(21)37-7)28-27-16-8-10-17(11-9-16)31(32)33/h8-15H,1-7H3. The van der Waals surface area contributed by atoms with Crippen molar-refractivity contribution in [3.05, 3.63) is 64.2 Å². The van der Waals surface area contributed by atoms with Gasteiger partial charge in [0.15, 0.2) is 0 Å². The first-order valence-electron chi connectivity index (χ1n) is 11.2. The van der Waals surface area contributed by atoms with Gasteiger partial charge in [-0.3, -0.25) is 10.1 Å². The predicted octanol–water partition coefficient (Wildman–Crippen LogP) is 7.76. The number of methoxy groups -OCH3 is 4. The molecular weight excluding hydrogens is 478 g/mol. The van der Waals surface area contributed by atoms with Gasteiger partial charge in [-0.1, -0.05) is 20.8 Å². The van der Waals surface area contributed by atoms with Crippen LogP contribution in [-0.2, 0) is 5.41 Å². The summed E-state index contributed by atoms with van der Waals surface area (Å²) < 4.78 is 22.1. The molecule has 0 atom stereocenters. The minimum absolute atomic E-state index is 0.0322. The maximum Gasteiger partial charge on any atom is 0.269 e. The highest BCUT2D eigenvalue weighted by molar-refractivity contribution is 5.67. The second kappa shape index (κ2) is 11.5. The fourth-order valence-electron chi connectivity index (χ4n) is 3.43. The summed E-state index contributed by atoms with van der Waals surface area (Å²) in [7, 11) is 6.17. The van der Waals surface area contributed by atoms with Gasteiger partial charge >= 0.3 is 0 Å². The number of nitro benzene ring substituents is 1. The van der Waals surface area contributed by atoms with Gasteiger partial charge in [0, 0.05) is 35.9 Å². The first-order chi connectivity index (χ1) is 17.6. The Bertz CT molecular complexity index is 1330. The van der Waals surface area contributed by atoms with Crippen molar-refractivity contribution in [2.45, 2.75) is 26.2 Å². The Hall–Kier alpha value is -4.54. The number of non-ortho nitro benzene ring substituents is 1. The van der Waals surface area contributed by atoms with Gasteiger partial charge in [-0.2, -0.15) is 5.11 Å². The first kappa shape index (κ1) is 27.1. The molecule has 3 aromatic carbocycles. The van der Waals surface area contributed by atoms with Crippen LogP contribution in [0.3, 0.4) is 0 Å². The Labute approximate surface area is 214 Å². The summed E-state index contributed by atoms with van der Waals surface area (Å²) in [4.78, 5) is 10.4. The Morgan fingerprint density at radius 3 is 1.46 bits per heavy atom. The lowest BCUT2D eigenvalue weighted by molar-refractivity contribution is -0.384. The minimum Gasteiger partial charge on any atom is -0.496 e. The number of azo groups is 2. The third-order valence-corrected chi connectivity index (χ3v) is 5.39. The third kappa shape index (κ3) is 6.37. The summed E-state index contributed by atoms with van der Waals surface area (Å²) in [5.74, 6) is 2.00. The van der Waals surface area contributed by atoms with Crippen LogP contribution in [0.15, 0.2) is 69.0 Å². The molecule has 0 saturated heterocycles. The normalized spacial score (nSPS) is 11.6. The molecule has 11 heteroatoms. The number of nitrogens with zero attached hydrogens (tertiary/aromatic N) is 5. The Morgan fingerprint density at radius 2 is 1.05 bits per heavy atom. The third-order valence-electron chi connectivity index (χ3n) is 5.39. The van der Waals surface area contributed by atoms with E-state index in [1.54, 1.807) is 32.4 Å². The van der Waals surface area contributed by atoms with Gasteiger partial charge in [0.2, 0.25) is 0 Å². The van der Waals surface area contributed by atoms with Gasteiger partial charge in [-0.15, -0.1) is 15.3 Å². The maximum atomic E-state index is 10.8. The van der Waals surface area contributed by atoms with Crippen molar-refractivity contribution < 1.29 is 23.9 Å². The van der Waals surface area contributed by atoms with E-state index >= 15 is 0 Å². The van der Waals surface area contributed by atoms with E-state index in [1.165, 1.54) is 38.5 Å². The zero-order valence-corrected chi connectivity index (χ0v) is 21.8. The number of hydrogen-bond donors (Lipinski definition) is 0. The molecular formula is C26H29N5O6. The molecule has 3 aromatic rings. The average Bonchev–Trinajstić information content (AvgIpc) is 2.89. The monoisotopic (exact) mass is 507 g/mol. The molecule has 0 saturated carbocycles. The zero-order chi connectivity index (χ0) is 27.2. The predicted molar refractivity (Wildman–Crippen MR) is 139 cm³/mol. The summed E-state index contributed by atoms with van der Waals surface area (Å²) in [6.45, 7) is 6.26. The lowest BCUT2D eigenvalue weighted by Gasteiger charge is -2.23. The van der Waals surface area contributed by atoms with Crippen LogP contribution in [0.2, 0.25) is 0 Å². The van der Waals surface area contributed by atoms with Crippen LogP contribution in [0.4, 0.5) is 28.4 Å². The molecule has 0 radical (unpaired) electrons. The average molecular weight is 508 g/mol. The summed E-state index contributed by atoms with van der Waals surface area (Å²) in [6.07, 6.45) is 0.